The molecule has 1 unspecified atom stereocenters. The Bertz CT molecular complexity index is 847. The maximum atomic E-state index is 9.65. The van der Waals surface area contributed by atoms with E-state index in [0.29, 0.717) is 0 Å². The first-order valence-corrected chi connectivity index (χ1v) is 9.52. The predicted molar refractivity (Wildman–Crippen MR) is 107 cm³/mol. The second-order valence-corrected chi connectivity index (χ2v) is 7.28. The average Bonchev–Trinajstić information content (AvgIpc) is 3.16. The third-order valence-electron chi connectivity index (χ3n) is 5.46. The van der Waals surface area contributed by atoms with Crippen LogP contribution in [0.3, 0.4) is 0 Å². The van der Waals surface area contributed by atoms with Crippen LogP contribution >= 0.6 is 0 Å². The Hall–Kier alpha value is -2.30. The number of anilines is 1. The van der Waals surface area contributed by atoms with E-state index in [1.807, 2.05) is 6.20 Å². The zero-order valence-electron chi connectivity index (χ0n) is 15.3. The van der Waals surface area contributed by atoms with Crippen molar-refractivity contribution in [1.29, 1.82) is 0 Å². The van der Waals surface area contributed by atoms with Crippen LogP contribution in [0.5, 0.6) is 0 Å². The lowest BCUT2D eigenvalue weighted by Gasteiger charge is -2.31. The molecule has 3 aromatic rings. The number of nitrogens with zero attached hydrogens (tertiary/aromatic N) is 1. The number of aliphatic hydroxyl groups is 1. The van der Waals surface area contributed by atoms with Crippen LogP contribution in [0.2, 0.25) is 0 Å². The van der Waals surface area contributed by atoms with Crippen molar-refractivity contribution in [2.24, 2.45) is 0 Å². The van der Waals surface area contributed by atoms with Gasteiger partial charge in [0.2, 0.25) is 0 Å². The van der Waals surface area contributed by atoms with Crippen LogP contribution in [-0.4, -0.2) is 29.3 Å². The number of rotatable bonds is 5. The molecule has 1 aliphatic rings. The topological polar surface area (TPSA) is 51.3 Å². The summed E-state index contributed by atoms with van der Waals surface area (Å²) in [4.78, 5) is 5.71. The Kier molecular flexibility index (Phi) is 4.96. The first-order valence-electron chi connectivity index (χ1n) is 9.52. The highest BCUT2D eigenvalue weighted by Crippen LogP contribution is 2.24. The van der Waals surface area contributed by atoms with Crippen molar-refractivity contribution in [1.82, 2.24) is 10.3 Å². The summed E-state index contributed by atoms with van der Waals surface area (Å²) in [7, 11) is 0. The number of para-hydroxylation sites is 1. The van der Waals surface area contributed by atoms with E-state index in [4.69, 9.17) is 0 Å². The molecule has 1 fully saturated rings. The van der Waals surface area contributed by atoms with E-state index in [2.05, 4.69) is 70.7 Å². The maximum Gasteiger partial charge on any atom is 0.0574 e. The Labute approximate surface area is 154 Å². The summed E-state index contributed by atoms with van der Waals surface area (Å²) in [5.41, 5.74) is 5.06. The summed E-state index contributed by atoms with van der Waals surface area (Å²) in [5.74, 6) is 0. The van der Waals surface area contributed by atoms with Gasteiger partial charge >= 0.3 is 0 Å². The van der Waals surface area contributed by atoms with E-state index in [9.17, 15) is 5.11 Å². The van der Waals surface area contributed by atoms with Crippen molar-refractivity contribution in [3.8, 4) is 0 Å². The number of piperidine rings is 1. The van der Waals surface area contributed by atoms with Crippen molar-refractivity contribution < 1.29 is 5.11 Å². The van der Waals surface area contributed by atoms with E-state index >= 15 is 0 Å². The molecule has 4 rings (SSSR count). The van der Waals surface area contributed by atoms with Crippen LogP contribution in [0.15, 0.2) is 54.7 Å². The zero-order chi connectivity index (χ0) is 17.9. The minimum absolute atomic E-state index is 0.125. The second kappa shape index (κ2) is 7.52. The van der Waals surface area contributed by atoms with Crippen LogP contribution < -0.4 is 10.2 Å². The Balaban J connectivity index is 1.38. The molecule has 1 saturated heterocycles. The first kappa shape index (κ1) is 17.1. The van der Waals surface area contributed by atoms with Gasteiger partial charge < -0.3 is 20.3 Å². The minimum atomic E-state index is -0.125. The van der Waals surface area contributed by atoms with Crippen LogP contribution in [0.1, 0.15) is 36.9 Å². The van der Waals surface area contributed by atoms with E-state index in [0.717, 1.165) is 32.5 Å². The second-order valence-electron chi connectivity index (χ2n) is 7.28. The average molecular weight is 349 g/mol. The van der Waals surface area contributed by atoms with Crippen molar-refractivity contribution in [2.45, 2.75) is 38.5 Å². The molecule has 1 aliphatic heterocycles. The largest absolute Gasteiger partial charge is 0.393 e. The highest BCUT2D eigenvalue weighted by molar-refractivity contribution is 5.82. The molecule has 3 N–H and O–H groups in total. The van der Waals surface area contributed by atoms with Gasteiger partial charge in [0, 0.05) is 37.6 Å². The summed E-state index contributed by atoms with van der Waals surface area (Å²) in [6.07, 6.45) is 3.61. The Morgan fingerprint density at radius 2 is 1.88 bits per heavy atom. The molecule has 26 heavy (non-hydrogen) atoms. The monoisotopic (exact) mass is 349 g/mol. The predicted octanol–water partition coefficient (Wildman–Crippen LogP) is 3.98. The highest BCUT2D eigenvalue weighted by Gasteiger charge is 2.17. The normalized spacial score (nSPS) is 16.9. The molecule has 0 spiro atoms. The van der Waals surface area contributed by atoms with Crippen LogP contribution in [0, 0.1) is 0 Å². The molecule has 0 amide bonds. The molecule has 0 saturated carbocycles. The fourth-order valence-electron chi connectivity index (χ4n) is 3.80. The lowest BCUT2D eigenvalue weighted by Crippen LogP contribution is -2.35. The van der Waals surface area contributed by atoms with Crippen molar-refractivity contribution in [3.63, 3.8) is 0 Å². The van der Waals surface area contributed by atoms with Gasteiger partial charge in [-0.15, -0.1) is 0 Å². The Morgan fingerprint density at radius 3 is 2.65 bits per heavy atom. The number of hydrogen-bond acceptors (Lipinski definition) is 3. The quantitative estimate of drug-likeness (QED) is 0.653. The SMILES string of the molecule is CC(NCc1ccc(N2CCC(O)CC2)cc1)c1cccc2cc[nH]c12. The van der Waals surface area contributed by atoms with Gasteiger partial charge in [0.1, 0.15) is 0 Å². The third-order valence-corrected chi connectivity index (χ3v) is 5.46. The number of benzene rings is 2. The van der Waals surface area contributed by atoms with Crippen LogP contribution in [0.4, 0.5) is 5.69 Å². The zero-order valence-corrected chi connectivity index (χ0v) is 15.3. The lowest BCUT2D eigenvalue weighted by molar-refractivity contribution is 0.145. The summed E-state index contributed by atoms with van der Waals surface area (Å²) in [5, 5.41) is 14.5. The molecule has 136 valence electrons. The highest BCUT2D eigenvalue weighted by atomic mass is 16.3. The molecule has 1 aromatic heterocycles. The molecule has 0 bridgehead atoms. The van der Waals surface area contributed by atoms with Gasteiger partial charge in [0.15, 0.2) is 0 Å². The molecular formula is C22H27N3O. The van der Waals surface area contributed by atoms with E-state index < -0.39 is 0 Å². The van der Waals surface area contributed by atoms with E-state index in [1.54, 1.807) is 0 Å². The molecule has 2 heterocycles. The number of nitrogens with one attached hydrogen (secondary N) is 2. The van der Waals surface area contributed by atoms with E-state index in [-0.39, 0.29) is 12.1 Å². The molecule has 4 nitrogen and oxygen atoms in total. The van der Waals surface area contributed by atoms with Gasteiger partial charge in [-0.25, -0.2) is 0 Å². The summed E-state index contributed by atoms with van der Waals surface area (Å²) in [6.45, 7) is 4.94. The fourth-order valence-corrected chi connectivity index (χ4v) is 3.80. The van der Waals surface area contributed by atoms with Gasteiger partial charge in [-0.2, -0.15) is 0 Å². The fraction of sp³-hybridized carbons (Fsp3) is 0.364. The van der Waals surface area contributed by atoms with Gasteiger partial charge in [-0.3, -0.25) is 0 Å². The van der Waals surface area contributed by atoms with Gasteiger partial charge in [-0.1, -0.05) is 30.3 Å². The molecule has 4 heteroatoms. The lowest BCUT2D eigenvalue weighted by atomic mass is 10.0. The number of aromatic nitrogens is 1. The minimum Gasteiger partial charge on any atom is -0.393 e. The molecule has 2 aromatic carbocycles. The van der Waals surface area contributed by atoms with E-state index in [1.165, 1.54) is 27.7 Å². The maximum absolute atomic E-state index is 9.65. The molecule has 1 atom stereocenters. The van der Waals surface area contributed by atoms with Gasteiger partial charge in [0.05, 0.1) is 11.6 Å². The molecule has 0 radical (unpaired) electrons. The Morgan fingerprint density at radius 1 is 1.12 bits per heavy atom. The van der Waals surface area contributed by atoms with Crippen LogP contribution in [0.25, 0.3) is 10.9 Å². The van der Waals surface area contributed by atoms with Crippen molar-refractivity contribution in [2.75, 3.05) is 18.0 Å². The first-order chi connectivity index (χ1) is 12.7. The third kappa shape index (κ3) is 3.62. The number of hydrogen-bond donors (Lipinski definition) is 3. The van der Waals surface area contributed by atoms with Gasteiger partial charge in [-0.05, 0) is 54.5 Å². The summed E-state index contributed by atoms with van der Waals surface area (Å²) >= 11 is 0. The smallest absolute Gasteiger partial charge is 0.0574 e. The standard InChI is InChI=1S/C22H27N3O/c1-16(21-4-2-3-18-9-12-23-22(18)21)24-15-17-5-7-19(8-6-17)25-13-10-20(26)11-14-25/h2-9,12,16,20,23-24,26H,10-11,13-15H2,1H3. The van der Waals surface area contributed by atoms with Gasteiger partial charge in [0.25, 0.3) is 0 Å². The van der Waals surface area contributed by atoms with Crippen molar-refractivity contribution >= 4 is 16.6 Å². The van der Waals surface area contributed by atoms with Crippen LogP contribution in [-0.2, 0) is 6.54 Å². The number of H-pyrrole nitrogens is 1. The summed E-state index contributed by atoms with van der Waals surface area (Å²) in [6, 6.07) is 17.6. The number of aliphatic hydroxyl groups excluding tert-OH is 1. The molecule has 0 aliphatic carbocycles. The summed E-state index contributed by atoms with van der Waals surface area (Å²) < 4.78 is 0. The number of fused-ring (bicyclic) bond motifs is 1. The molecular weight excluding hydrogens is 322 g/mol. The number of aromatic amines is 1. The van der Waals surface area contributed by atoms with Crippen molar-refractivity contribution in [3.05, 3.63) is 65.9 Å².